The van der Waals surface area contributed by atoms with Gasteiger partial charge in [0.05, 0.1) is 13.2 Å². The van der Waals surface area contributed by atoms with E-state index in [9.17, 15) is 15.0 Å². The summed E-state index contributed by atoms with van der Waals surface area (Å²) in [6, 6.07) is 0. The molecule has 1 saturated heterocycles. The number of rotatable bonds is 5. The van der Waals surface area contributed by atoms with Gasteiger partial charge in [0.1, 0.15) is 24.1 Å². The van der Waals surface area contributed by atoms with Gasteiger partial charge in [-0.1, -0.05) is 6.92 Å². The molecule has 0 aliphatic carbocycles. The Morgan fingerprint density at radius 1 is 1.26 bits per heavy atom. The highest BCUT2D eigenvalue weighted by atomic mass is 16.5. The average Bonchev–Trinajstić information content (AvgIpc) is 3.18. The van der Waals surface area contributed by atoms with Crippen LogP contribution in [0.2, 0.25) is 0 Å². The molecule has 1 aromatic rings. The van der Waals surface area contributed by atoms with E-state index in [2.05, 4.69) is 21.4 Å². The van der Waals surface area contributed by atoms with Gasteiger partial charge in [0.25, 0.3) is 0 Å². The third-order valence-electron chi connectivity index (χ3n) is 5.76. The zero-order valence-electron chi connectivity index (χ0n) is 19.3. The molecule has 1 fully saturated rings. The molecule has 1 aliphatic heterocycles. The van der Waals surface area contributed by atoms with Crippen LogP contribution in [0.4, 0.5) is 0 Å². The number of aryl methyl sites for hydroxylation is 1. The smallest absolute Gasteiger partial charge is 0.219 e. The van der Waals surface area contributed by atoms with Crippen molar-refractivity contribution in [3.63, 3.8) is 0 Å². The number of methoxy groups -OCH3 is 1. The van der Waals surface area contributed by atoms with Gasteiger partial charge in [-0.05, 0) is 32.2 Å². The number of nitrogens with zero attached hydrogens (tertiary/aromatic N) is 4. The summed E-state index contributed by atoms with van der Waals surface area (Å²) in [5.74, 6) is 0.986. The van der Waals surface area contributed by atoms with E-state index in [0.29, 0.717) is 13.2 Å². The number of imidazole rings is 1. The predicted octanol–water partition coefficient (Wildman–Crippen LogP) is 0.881. The third kappa shape index (κ3) is 8.50. The van der Waals surface area contributed by atoms with Crippen LogP contribution in [-0.2, 0) is 27.4 Å². The lowest BCUT2D eigenvalue weighted by molar-refractivity contribution is -0.136. The van der Waals surface area contributed by atoms with Crippen molar-refractivity contribution in [2.45, 2.75) is 70.9 Å². The van der Waals surface area contributed by atoms with E-state index in [-0.39, 0.29) is 19.1 Å². The maximum atomic E-state index is 12.2. The minimum atomic E-state index is -1.12. The van der Waals surface area contributed by atoms with Crippen molar-refractivity contribution in [1.82, 2.24) is 19.4 Å². The molecule has 31 heavy (non-hydrogen) atoms. The predicted molar refractivity (Wildman–Crippen MR) is 118 cm³/mol. The van der Waals surface area contributed by atoms with Crippen LogP contribution in [0.1, 0.15) is 45.4 Å². The summed E-state index contributed by atoms with van der Waals surface area (Å²) in [6.07, 6.45) is 4.73. The molecule has 1 aromatic heterocycles. The standard InChI is InChI=1S/C22H40N4O5/c1-4-9-25-13-8-23-21(25)16-24-10-5-6-14-31-17-19(28)22(29)20(30-3)15-26(18(2)27)12-7-11-24/h8,13,19-20,22,28-29H,4-7,9-12,14-17H2,1-3H3/t19-,20-,22-/m0/s1. The summed E-state index contributed by atoms with van der Waals surface area (Å²) >= 11 is 0. The summed E-state index contributed by atoms with van der Waals surface area (Å²) in [4.78, 5) is 20.8. The van der Waals surface area contributed by atoms with Gasteiger partial charge in [0.15, 0.2) is 0 Å². The monoisotopic (exact) mass is 440 g/mol. The summed E-state index contributed by atoms with van der Waals surface area (Å²) in [7, 11) is 1.48. The Labute approximate surface area is 185 Å². The molecule has 0 radical (unpaired) electrons. The summed E-state index contributed by atoms with van der Waals surface area (Å²) in [5.41, 5.74) is 0. The van der Waals surface area contributed by atoms with Crippen LogP contribution in [0.3, 0.4) is 0 Å². The Kier molecular flexibility index (Phi) is 11.5. The third-order valence-corrected chi connectivity index (χ3v) is 5.76. The highest BCUT2D eigenvalue weighted by molar-refractivity contribution is 5.73. The number of aromatic nitrogens is 2. The molecule has 1 aliphatic rings. The lowest BCUT2D eigenvalue weighted by Gasteiger charge is -2.31. The van der Waals surface area contributed by atoms with Crippen molar-refractivity contribution in [2.24, 2.45) is 0 Å². The molecular weight excluding hydrogens is 400 g/mol. The van der Waals surface area contributed by atoms with E-state index in [0.717, 1.165) is 57.7 Å². The number of carbonyl (C=O) groups excluding carboxylic acids is 1. The van der Waals surface area contributed by atoms with E-state index in [4.69, 9.17) is 9.47 Å². The maximum Gasteiger partial charge on any atom is 0.219 e. The molecule has 0 bridgehead atoms. The summed E-state index contributed by atoms with van der Waals surface area (Å²) in [5, 5.41) is 20.7. The van der Waals surface area contributed by atoms with E-state index in [1.54, 1.807) is 4.90 Å². The number of hydrogen-bond acceptors (Lipinski definition) is 7. The zero-order chi connectivity index (χ0) is 22.6. The fourth-order valence-corrected chi connectivity index (χ4v) is 3.90. The van der Waals surface area contributed by atoms with Crippen LogP contribution in [0.25, 0.3) is 0 Å². The van der Waals surface area contributed by atoms with Crippen LogP contribution in [0, 0.1) is 0 Å². The quantitative estimate of drug-likeness (QED) is 0.701. The minimum Gasteiger partial charge on any atom is -0.388 e. The minimum absolute atomic E-state index is 0.0409. The van der Waals surface area contributed by atoms with E-state index < -0.39 is 18.3 Å². The van der Waals surface area contributed by atoms with E-state index >= 15 is 0 Å². The molecule has 2 rings (SSSR count). The Hall–Kier alpha value is -1.52. The highest BCUT2D eigenvalue weighted by Crippen LogP contribution is 2.11. The fraction of sp³-hybridized carbons (Fsp3) is 0.818. The van der Waals surface area contributed by atoms with Crippen LogP contribution >= 0.6 is 0 Å². The SMILES string of the molecule is CCCn1ccnc1CN1CCCCOC[C@H](O)[C@H](O)[C@@H](OC)CN(C(C)=O)CCC1. The van der Waals surface area contributed by atoms with Crippen molar-refractivity contribution in [2.75, 3.05) is 46.5 Å². The summed E-state index contributed by atoms with van der Waals surface area (Å²) in [6.45, 7) is 8.51. The first-order chi connectivity index (χ1) is 15.0. The molecule has 2 heterocycles. The van der Waals surface area contributed by atoms with Crippen molar-refractivity contribution in [1.29, 1.82) is 0 Å². The van der Waals surface area contributed by atoms with Crippen LogP contribution < -0.4 is 0 Å². The molecule has 9 nitrogen and oxygen atoms in total. The van der Waals surface area contributed by atoms with Gasteiger partial charge in [-0.15, -0.1) is 0 Å². The number of aliphatic hydroxyl groups is 2. The van der Waals surface area contributed by atoms with Gasteiger partial charge in [-0.2, -0.15) is 0 Å². The van der Waals surface area contributed by atoms with Gasteiger partial charge in [0.2, 0.25) is 5.91 Å². The number of amides is 1. The molecular formula is C22H40N4O5. The lowest BCUT2D eigenvalue weighted by Crippen LogP contribution is -2.48. The first-order valence-corrected chi connectivity index (χ1v) is 11.4. The number of ether oxygens (including phenoxy) is 2. The molecule has 1 amide bonds. The molecule has 0 saturated carbocycles. The number of carbonyl (C=O) groups is 1. The Balaban J connectivity index is 2.06. The second-order valence-electron chi connectivity index (χ2n) is 8.25. The van der Waals surface area contributed by atoms with Crippen molar-refractivity contribution < 1.29 is 24.5 Å². The average molecular weight is 441 g/mol. The van der Waals surface area contributed by atoms with Gasteiger partial charge < -0.3 is 29.2 Å². The Morgan fingerprint density at radius 2 is 2.03 bits per heavy atom. The lowest BCUT2D eigenvalue weighted by atomic mass is 10.1. The van der Waals surface area contributed by atoms with Crippen LogP contribution in [0.15, 0.2) is 12.4 Å². The molecule has 0 spiro atoms. The fourth-order valence-electron chi connectivity index (χ4n) is 3.90. The van der Waals surface area contributed by atoms with Crippen LogP contribution in [0.5, 0.6) is 0 Å². The van der Waals surface area contributed by atoms with Crippen molar-refractivity contribution in [3.05, 3.63) is 18.2 Å². The van der Waals surface area contributed by atoms with Crippen LogP contribution in [-0.4, -0.2) is 100 Å². The normalized spacial score (nSPS) is 25.7. The summed E-state index contributed by atoms with van der Waals surface area (Å²) < 4.78 is 13.2. The van der Waals surface area contributed by atoms with E-state index in [1.165, 1.54) is 14.0 Å². The first-order valence-electron chi connectivity index (χ1n) is 11.4. The molecule has 0 aromatic carbocycles. The molecule has 178 valence electrons. The van der Waals surface area contributed by atoms with E-state index in [1.807, 2.05) is 12.4 Å². The van der Waals surface area contributed by atoms with Gasteiger partial charge in [-0.3, -0.25) is 9.69 Å². The molecule has 9 heteroatoms. The Bertz CT molecular complexity index is 641. The second-order valence-corrected chi connectivity index (χ2v) is 8.25. The van der Waals surface area contributed by atoms with Gasteiger partial charge in [-0.25, -0.2) is 4.98 Å². The van der Waals surface area contributed by atoms with Crippen molar-refractivity contribution >= 4 is 5.91 Å². The second kappa shape index (κ2) is 13.8. The van der Waals surface area contributed by atoms with Crippen molar-refractivity contribution in [3.8, 4) is 0 Å². The molecule has 2 N–H and O–H groups in total. The largest absolute Gasteiger partial charge is 0.388 e. The first kappa shape index (κ1) is 25.7. The van der Waals surface area contributed by atoms with Gasteiger partial charge >= 0.3 is 0 Å². The maximum absolute atomic E-state index is 12.2. The molecule has 3 atom stereocenters. The number of hydrogen-bond donors (Lipinski definition) is 2. The Morgan fingerprint density at radius 3 is 2.74 bits per heavy atom. The topological polar surface area (TPSA) is 100 Å². The highest BCUT2D eigenvalue weighted by Gasteiger charge is 2.29. The van der Waals surface area contributed by atoms with Gasteiger partial charge in [0, 0.05) is 59.2 Å². The zero-order valence-corrected chi connectivity index (χ0v) is 19.3. The number of aliphatic hydroxyl groups excluding tert-OH is 2. The molecule has 0 unspecified atom stereocenters.